The number of anilines is 1. The van der Waals surface area contributed by atoms with E-state index >= 15 is 0 Å². The van der Waals surface area contributed by atoms with Crippen LogP contribution in [0.2, 0.25) is 0 Å². The van der Waals surface area contributed by atoms with Crippen molar-refractivity contribution in [1.29, 1.82) is 0 Å². The Bertz CT molecular complexity index is 1480. The van der Waals surface area contributed by atoms with Gasteiger partial charge in [0.25, 0.3) is 10.0 Å². The number of aryl methyl sites for hydroxylation is 3. The lowest BCUT2D eigenvalue weighted by atomic mass is 10.1. The summed E-state index contributed by atoms with van der Waals surface area (Å²) < 4.78 is 37.7. The van der Waals surface area contributed by atoms with Crippen molar-refractivity contribution in [2.24, 2.45) is 0 Å². The molecule has 2 aromatic carbocycles. The molecule has 0 aliphatic heterocycles. The second-order valence-electron chi connectivity index (χ2n) is 7.62. The van der Waals surface area contributed by atoms with E-state index < -0.39 is 16.0 Å². The summed E-state index contributed by atoms with van der Waals surface area (Å²) in [6.07, 6.45) is 0. The fourth-order valence-corrected chi connectivity index (χ4v) is 5.94. The minimum atomic E-state index is -3.77. The standard InChI is InChI=1S/C24H23N3O5S2/c1-14-21-15(2)25-16(3)26-23(21)33-22(14)24(28)32-19-8-6-17(7-9-19)27(4)34(29,30)20-12-10-18(31-5)11-13-20/h6-13H,1-5H3. The molecule has 0 fully saturated rings. The van der Waals surface area contributed by atoms with Gasteiger partial charge in [0.05, 0.1) is 17.7 Å². The van der Waals surface area contributed by atoms with Crippen molar-refractivity contribution in [3.05, 3.63) is 70.5 Å². The lowest BCUT2D eigenvalue weighted by Gasteiger charge is -2.20. The number of sulfonamides is 1. The number of rotatable bonds is 6. The molecular weight excluding hydrogens is 474 g/mol. The van der Waals surface area contributed by atoms with E-state index in [2.05, 4.69) is 9.97 Å². The van der Waals surface area contributed by atoms with E-state index in [1.54, 1.807) is 36.4 Å². The lowest BCUT2D eigenvalue weighted by molar-refractivity contribution is 0.0739. The van der Waals surface area contributed by atoms with Crippen LogP contribution in [0.3, 0.4) is 0 Å². The van der Waals surface area contributed by atoms with Crippen LogP contribution in [0.1, 0.15) is 26.8 Å². The third-order valence-corrected chi connectivity index (χ3v) is 8.36. The zero-order valence-corrected chi connectivity index (χ0v) is 21.0. The number of carbonyl (C=O) groups excluding carboxylic acids is 1. The fourth-order valence-electron chi connectivity index (χ4n) is 3.59. The summed E-state index contributed by atoms with van der Waals surface area (Å²) in [6, 6.07) is 12.4. The summed E-state index contributed by atoms with van der Waals surface area (Å²) in [4.78, 5) is 23.0. The molecule has 0 saturated heterocycles. The Balaban J connectivity index is 1.53. The van der Waals surface area contributed by atoms with Gasteiger partial charge in [-0.2, -0.15) is 0 Å². The maximum absolute atomic E-state index is 12.9. The van der Waals surface area contributed by atoms with E-state index in [9.17, 15) is 13.2 Å². The molecule has 4 aromatic rings. The third-order valence-electron chi connectivity index (χ3n) is 5.40. The molecule has 0 atom stereocenters. The van der Waals surface area contributed by atoms with Crippen molar-refractivity contribution < 1.29 is 22.7 Å². The first-order valence-corrected chi connectivity index (χ1v) is 12.6. The summed E-state index contributed by atoms with van der Waals surface area (Å²) in [5.74, 6) is 1.03. The second-order valence-corrected chi connectivity index (χ2v) is 10.6. The number of fused-ring (bicyclic) bond motifs is 1. The van der Waals surface area contributed by atoms with Crippen molar-refractivity contribution in [3.63, 3.8) is 0 Å². The summed E-state index contributed by atoms with van der Waals surface area (Å²) in [6.45, 7) is 5.55. The van der Waals surface area contributed by atoms with Gasteiger partial charge in [0.2, 0.25) is 0 Å². The zero-order valence-electron chi connectivity index (χ0n) is 19.3. The van der Waals surface area contributed by atoms with Crippen molar-refractivity contribution in [2.75, 3.05) is 18.5 Å². The van der Waals surface area contributed by atoms with Crippen LogP contribution in [0.25, 0.3) is 10.2 Å². The van der Waals surface area contributed by atoms with Crippen molar-refractivity contribution in [2.45, 2.75) is 25.7 Å². The van der Waals surface area contributed by atoms with Gasteiger partial charge in [-0.15, -0.1) is 11.3 Å². The summed E-state index contributed by atoms with van der Waals surface area (Å²) >= 11 is 1.27. The molecule has 10 heteroatoms. The first-order valence-electron chi connectivity index (χ1n) is 10.3. The number of ether oxygens (including phenoxy) is 2. The first kappa shape index (κ1) is 23.7. The molecule has 0 saturated carbocycles. The Hall–Kier alpha value is -3.50. The predicted octanol–water partition coefficient (Wildman–Crippen LogP) is 4.67. The van der Waals surface area contributed by atoms with Gasteiger partial charge >= 0.3 is 5.97 Å². The Morgan fingerprint density at radius 3 is 2.18 bits per heavy atom. The topological polar surface area (TPSA) is 98.7 Å². The molecule has 8 nitrogen and oxygen atoms in total. The van der Waals surface area contributed by atoms with Gasteiger partial charge in [-0.05, 0) is 74.9 Å². The van der Waals surface area contributed by atoms with Gasteiger partial charge in [-0.25, -0.2) is 23.2 Å². The number of hydrogen-bond donors (Lipinski definition) is 0. The molecule has 176 valence electrons. The molecule has 2 heterocycles. The number of thiophene rings is 1. The van der Waals surface area contributed by atoms with Crippen molar-refractivity contribution in [3.8, 4) is 11.5 Å². The fraction of sp³-hybridized carbons (Fsp3) is 0.208. The van der Waals surface area contributed by atoms with Crippen LogP contribution in [0.15, 0.2) is 53.4 Å². The highest BCUT2D eigenvalue weighted by Crippen LogP contribution is 2.32. The van der Waals surface area contributed by atoms with E-state index in [1.807, 2.05) is 20.8 Å². The quantitative estimate of drug-likeness (QED) is 0.282. The van der Waals surface area contributed by atoms with Crippen LogP contribution in [0, 0.1) is 20.8 Å². The van der Waals surface area contributed by atoms with Crippen LogP contribution in [0.4, 0.5) is 5.69 Å². The first-order chi connectivity index (χ1) is 16.1. The summed E-state index contributed by atoms with van der Waals surface area (Å²) in [5.41, 5.74) is 2.03. The number of benzene rings is 2. The van der Waals surface area contributed by atoms with Gasteiger partial charge < -0.3 is 9.47 Å². The molecule has 0 aliphatic carbocycles. The molecule has 0 amide bonds. The zero-order chi connectivity index (χ0) is 24.6. The Morgan fingerprint density at radius 1 is 0.941 bits per heavy atom. The van der Waals surface area contributed by atoms with E-state index in [1.165, 1.54) is 41.9 Å². The van der Waals surface area contributed by atoms with Crippen LogP contribution in [0.5, 0.6) is 11.5 Å². The highest BCUT2D eigenvalue weighted by molar-refractivity contribution is 7.92. The van der Waals surface area contributed by atoms with Gasteiger partial charge in [0.1, 0.15) is 27.0 Å². The predicted molar refractivity (Wildman–Crippen MR) is 132 cm³/mol. The van der Waals surface area contributed by atoms with E-state index in [-0.39, 0.29) is 4.90 Å². The number of nitrogens with zero attached hydrogens (tertiary/aromatic N) is 3. The van der Waals surface area contributed by atoms with Crippen LogP contribution >= 0.6 is 11.3 Å². The van der Waals surface area contributed by atoms with E-state index in [4.69, 9.17) is 9.47 Å². The Labute approximate surface area is 201 Å². The molecule has 0 unspecified atom stereocenters. The average molecular weight is 498 g/mol. The highest BCUT2D eigenvalue weighted by Gasteiger charge is 2.23. The minimum Gasteiger partial charge on any atom is -0.497 e. The maximum Gasteiger partial charge on any atom is 0.354 e. The number of carbonyl (C=O) groups is 1. The van der Waals surface area contributed by atoms with Crippen LogP contribution in [-0.2, 0) is 10.0 Å². The van der Waals surface area contributed by atoms with E-state index in [0.29, 0.717) is 27.9 Å². The van der Waals surface area contributed by atoms with E-state index in [0.717, 1.165) is 21.5 Å². The monoisotopic (exact) mass is 497 g/mol. The molecule has 0 radical (unpaired) electrons. The number of esters is 1. The Morgan fingerprint density at radius 2 is 1.56 bits per heavy atom. The number of hydrogen-bond acceptors (Lipinski definition) is 8. The average Bonchev–Trinajstić information content (AvgIpc) is 3.15. The van der Waals surface area contributed by atoms with Gasteiger partial charge in [-0.1, -0.05) is 0 Å². The largest absolute Gasteiger partial charge is 0.497 e. The van der Waals surface area contributed by atoms with Gasteiger partial charge in [0.15, 0.2) is 0 Å². The summed E-state index contributed by atoms with van der Waals surface area (Å²) in [7, 11) is -0.784. The van der Waals surface area contributed by atoms with Gasteiger partial charge in [-0.3, -0.25) is 4.31 Å². The lowest BCUT2D eigenvalue weighted by Crippen LogP contribution is -2.26. The Kier molecular flexibility index (Phi) is 6.28. The molecule has 0 bridgehead atoms. The van der Waals surface area contributed by atoms with Gasteiger partial charge in [0, 0.05) is 18.1 Å². The molecule has 34 heavy (non-hydrogen) atoms. The SMILES string of the molecule is COc1ccc(S(=O)(=O)N(C)c2ccc(OC(=O)c3sc4nc(C)nc(C)c4c3C)cc2)cc1. The molecule has 2 aromatic heterocycles. The molecule has 0 aliphatic rings. The van der Waals surface area contributed by atoms with Crippen molar-refractivity contribution >= 4 is 43.2 Å². The smallest absolute Gasteiger partial charge is 0.354 e. The molecule has 4 rings (SSSR count). The second kappa shape index (κ2) is 9.03. The van der Waals surface area contributed by atoms with Crippen molar-refractivity contribution in [1.82, 2.24) is 9.97 Å². The van der Waals surface area contributed by atoms with Crippen LogP contribution in [-0.4, -0.2) is 38.5 Å². The number of aromatic nitrogens is 2. The highest BCUT2D eigenvalue weighted by atomic mass is 32.2. The maximum atomic E-state index is 12.9. The summed E-state index contributed by atoms with van der Waals surface area (Å²) in [5, 5.41) is 0.864. The third kappa shape index (κ3) is 4.34. The molecule has 0 N–H and O–H groups in total. The van der Waals surface area contributed by atoms with Crippen LogP contribution < -0.4 is 13.8 Å². The molecule has 0 spiro atoms. The molecular formula is C24H23N3O5S2. The number of methoxy groups -OCH3 is 1. The minimum absolute atomic E-state index is 0.139. The normalized spacial score (nSPS) is 11.4.